The van der Waals surface area contributed by atoms with Gasteiger partial charge < -0.3 is 0 Å². The van der Waals surface area contributed by atoms with Gasteiger partial charge in [-0.3, -0.25) is 14.9 Å². The van der Waals surface area contributed by atoms with Crippen molar-refractivity contribution in [1.82, 2.24) is 0 Å². The molecule has 0 radical (unpaired) electrons. The second kappa shape index (κ2) is 4.32. The van der Waals surface area contributed by atoms with Gasteiger partial charge in [0.25, 0.3) is 5.69 Å². The molecule has 0 N–H and O–H groups in total. The van der Waals surface area contributed by atoms with Crippen LogP contribution in [0.5, 0.6) is 0 Å². The van der Waals surface area contributed by atoms with Crippen LogP contribution in [-0.4, -0.2) is 10.7 Å². The zero-order valence-corrected chi connectivity index (χ0v) is 9.08. The molecule has 14 heavy (non-hydrogen) atoms. The number of benzene rings is 1. The summed E-state index contributed by atoms with van der Waals surface area (Å²) < 4.78 is 0.471. The van der Waals surface area contributed by atoms with Crippen molar-refractivity contribution in [2.75, 3.05) is 0 Å². The van der Waals surface area contributed by atoms with E-state index in [1.54, 1.807) is 6.92 Å². The van der Waals surface area contributed by atoms with Crippen LogP contribution < -0.4 is 0 Å². The zero-order chi connectivity index (χ0) is 10.7. The van der Waals surface area contributed by atoms with Gasteiger partial charge in [-0.05, 0) is 22.0 Å². The number of carbonyl (C=O) groups is 1. The monoisotopic (exact) mass is 257 g/mol. The number of Topliss-reactive ketones (excluding diaryl/α,β-unsaturated/α-hetero) is 1. The molecule has 0 aliphatic carbocycles. The van der Waals surface area contributed by atoms with E-state index >= 15 is 0 Å². The summed E-state index contributed by atoms with van der Waals surface area (Å²) in [5.74, 6) is -0.0354. The highest BCUT2D eigenvalue weighted by atomic mass is 79.9. The summed E-state index contributed by atoms with van der Waals surface area (Å²) in [4.78, 5) is 21.2. The smallest absolute Gasteiger partial charge is 0.270 e. The normalized spacial score (nSPS) is 9.86. The lowest BCUT2D eigenvalue weighted by molar-refractivity contribution is -0.384. The van der Waals surface area contributed by atoms with Crippen LogP contribution in [0, 0.1) is 10.1 Å². The largest absolute Gasteiger partial charge is 0.294 e. The number of hydrogen-bond acceptors (Lipinski definition) is 3. The maximum absolute atomic E-state index is 11.3. The predicted molar refractivity (Wildman–Crippen MR) is 55.4 cm³/mol. The number of nitro benzene ring substituents is 1. The molecule has 0 amide bonds. The quantitative estimate of drug-likeness (QED) is 0.475. The summed E-state index contributed by atoms with van der Waals surface area (Å²) in [6.45, 7) is 1.75. The molecule has 0 spiro atoms. The van der Waals surface area contributed by atoms with Crippen molar-refractivity contribution < 1.29 is 9.72 Å². The lowest BCUT2D eigenvalue weighted by atomic mass is 10.1. The van der Waals surface area contributed by atoms with E-state index in [1.807, 2.05) is 0 Å². The molecule has 0 fully saturated rings. The van der Waals surface area contributed by atoms with Gasteiger partial charge in [-0.25, -0.2) is 0 Å². The van der Waals surface area contributed by atoms with Crippen molar-refractivity contribution in [2.24, 2.45) is 0 Å². The summed E-state index contributed by atoms with van der Waals surface area (Å²) in [6, 6.07) is 4.13. The Morgan fingerprint density at radius 2 is 2.21 bits per heavy atom. The molecule has 4 nitrogen and oxygen atoms in total. The molecule has 1 aromatic carbocycles. The Balaban J connectivity index is 3.14. The first kappa shape index (κ1) is 10.8. The van der Waals surface area contributed by atoms with Gasteiger partial charge in [-0.1, -0.05) is 6.92 Å². The van der Waals surface area contributed by atoms with E-state index in [0.717, 1.165) is 0 Å². The maximum Gasteiger partial charge on any atom is 0.270 e. The molecular formula is C9H8BrNO3. The Hall–Kier alpha value is -1.23. The number of carbonyl (C=O) groups excluding carboxylic acids is 1. The molecular weight excluding hydrogens is 250 g/mol. The van der Waals surface area contributed by atoms with Crippen molar-refractivity contribution in [2.45, 2.75) is 13.3 Å². The average Bonchev–Trinajstić information content (AvgIpc) is 2.16. The third-order valence-electron chi connectivity index (χ3n) is 1.79. The van der Waals surface area contributed by atoms with E-state index in [0.29, 0.717) is 16.5 Å². The van der Waals surface area contributed by atoms with Gasteiger partial charge >= 0.3 is 0 Å². The highest BCUT2D eigenvalue weighted by molar-refractivity contribution is 9.10. The first-order valence-corrected chi connectivity index (χ1v) is 4.82. The molecule has 0 heterocycles. The molecule has 0 saturated heterocycles. The first-order chi connectivity index (χ1) is 6.56. The SMILES string of the molecule is CCC(=O)c1ccc([N+](=O)[O-])cc1Br. The summed E-state index contributed by atoms with van der Waals surface area (Å²) in [5, 5.41) is 10.4. The molecule has 74 valence electrons. The van der Waals surface area contributed by atoms with Crippen LogP contribution in [0.4, 0.5) is 5.69 Å². The molecule has 0 aliphatic heterocycles. The third kappa shape index (κ3) is 2.17. The fraction of sp³-hybridized carbons (Fsp3) is 0.222. The number of nitrogens with zero attached hydrogens (tertiary/aromatic N) is 1. The van der Waals surface area contributed by atoms with Crippen molar-refractivity contribution >= 4 is 27.4 Å². The second-order valence-corrected chi connectivity index (χ2v) is 3.55. The summed E-state index contributed by atoms with van der Waals surface area (Å²) in [7, 11) is 0. The van der Waals surface area contributed by atoms with Crippen molar-refractivity contribution in [3.8, 4) is 0 Å². The lowest BCUT2D eigenvalue weighted by Crippen LogP contribution is -1.98. The van der Waals surface area contributed by atoms with E-state index in [1.165, 1.54) is 18.2 Å². The number of hydrogen-bond donors (Lipinski definition) is 0. The van der Waals surface area contributed by atoms with Crippen LogP contribution in [0.15, 0.2) is 22.7 Å². The third-order valence-corrected chi connectivity index (χ3v) is 2.44. The molecule has 0 atom stereocenters. The van der Waals surface area contributed by atoms with Crippen LogP contribution in [0.2, 0.25) is 0 Å². The van der Waals surface area contributed by atoms with Gasteiger partial charge in [-0.15, -0.1) is 0 Å². The average molecular weight is 258 g/mol. The van der Waals surface area contributed by atoms with Crippen molar-refractivity contribution in [1.29, 1.82) is 0 Å². The van der Waals surface area contributed by atoms with E-state index in [-0.39, 0.29) is 11.5 Å². The molecule has 1 rings (SSSR count). The Morgan fingerprint density at radius 1 is 1.57 bits per heavy atom. The van der Waals surface area contributed by atoms with Crippen molar-refractivity contribution in [3.63, 3.8) is 0 Å². The molecule has 0 bridgehead atoms. The van der Waals surface area contributed by atoms with Gasteiger partial charge in [0, 0.05) is 28.6 Å². The molecule has 1 aromatic rings. The van der Waals surface area contributed by atoms with Gasteiger partial charge in [0.05, 0.1) is 4.92 Å². The number of ketones is 1. The summed E-state index contributed by atoms with van der Waals surface area (Å²) in [6.07, 6.45) is 0.385. The highest BCUT2D eigenvalue weighted by Crippen LogP contribution is 2.23. The van der Waals surface area contributed by atoms with Crippen LogP contribution in [0.25, 0.3) is 0 Å². The standard InChI is InChI=1S/C9H8BrNO3/c1-2-9(12)7-4-3-6(11(13)14)5-8(7)10/h3-5H,2H2,1H3. The van der Waals surface area contributed by atoms with E-state index in [4.69, 9.17) is 0 Å². The van der Waals surface area contributed by atoms with Gasteiger partial charge in [0.2, 0.25) is 0 Å². The van der Waals surface area contributed by atoms with Crippen LogP contribution >= 0.6 is 15.9 Å². The molecule has 0 aliphatic rings. The fourth-order valence-corrected chi connectivity index (χ4v) is 1.62. The minimum Gasteiger partial charge on any atom is -0.294 e. The molecule has 5 heteroatoms. The van der Waals surface area contributed by atoms with Crippen molar-refractivity contribution in [3.05, 3.63) is 38.3 Å². The van der Waals surface area contributed by atoms with Gasteiger partial charge in [0.15, 0.2) is 5.78 Å². The predicted octanol–water partition coefficient (Wildman–Crippen LogP) is 2.95. The topological polar surface area (TPSA) is 60.2 Å². The van der Waals surface area contributed by atoms with Crippen LogP contribution in [0.3, 0.4) is 0 Å². The van der Waals surface area contributed by atoms with Crippen LogP contribution in [-0.2, 0) is 0 Å². The number of halogens is 1. The van der Waals surface area contributed by atoms with Crippen LogP contribution in [0.1, 0.15) is 23.7 Å². The Morgan fingerprint density at radius 3 is 2.64 bits per heavy atom. The Kier molecular flexibility index (Phi) is 3.35. The number of nitro groups is 1. The Bertz CT molecular complexity index is 390. The zero-order valence-electron chi connectivity index (χ0n) is 7.49. The lowest BCUT2D eigenvalue weighted by Gasteiger charge is -2.00. The van der Waals surface area contributed by atoms with E-state index < -0.39 is 4.92 Å². The number of rotatable bonds is 3. The Labute approximate surface area is 89.2 Å². The van der Waals surface area contributed by atoms with Gasteiger partial charge in [0.1, 0.15) is 0 Å². The number of non-ortho nitro benzene ring substituents is 1. The highest BCUT2D eigenvalue weighted by Gasteiger charge is 2.12. The molecule has 0 unspecified atom stereocenters. The first-order valence-electron chi connectivity index (χ1n) is 4.03. The minimum atomic E-state index is -0.495. The molecule has 0 saturated carbocycles. The van der Waals surface area contributed by atoms with E-state index in [2.05, 4.69) is 15.9 Å². The van der Waals surface area contributed by atoms with Gasteiger partial charge in [-0.2, -0.15) is 0 Å². The summed E-state index contributed by atoms with van der Waals surface area (Å²) >= 11 is 3.13. The molecule has 0 aromatic heterocycles. The van der Waals surface area contributed by atoms with E-state index in [9.17, 15) is 14.9 Å². The minimum absolute atomic E-state index is 0.0236. The second-order valence-electron chi connectivity index (χ2n) is 2.70. The maximum atomic E-state index is 11.3. The fourth-order valence-electron chi connectivity index (χ4n) is 1.03. The summed E-state index contributed by atoms with van der Waals surface area (Å²) in [5.41, 5.74) is 0.461.